The van der Waals surface area contributed by atoms with Gasteiger partial charge in [0, 0.05) is 57.4 Å². The van der Waals surface area contributed by atoms with Crippen LogP contribution in [0.15, 0.2) is 30.0 Å². The van der Waals surface area contributed by atoms with Gasteiger partial charge in [-0.05, 0) is 64.3 Å². The third-order valence-corrected chi connectivity index (χ3v) is 12.6. The molecule has 2 aromatic rings. The van der Waals surface area contributed by atoms with E-state index in [9.17, 15) is 19.5 Å². The Bertz CT molecular complexity index is 1930. The van der Waals surface area contributed by atoms with E-state index in [0.29, 0.717) is 35.0 Å². The third kappa shape index (κ3) is 5.09. The SMILES string of the molecule is CCC(C)(C)C(=O)Nc1cc2c(cc1C1=C(O)/C(=c3\cc4c(cc3NC(=O)C(C)(C)CC)=[N+](C)C(C)C4(C)C)C1=O)C(C)(C)C(C)N2C. The third-order valence-electron chi connectivity index (χ3n) is 12.6. The van der Waals surface area contributed by atoms with E-state index in [0.717, 1.165) is 22.2 Å². The van der Waals surface area contributed by atoms with Gasteiger partial charge in [0.25, 0.3) is 0 Å². The van der Waals surface area contributed by atoms with Crippen LogP contribution in [-0.4, -0.2) is 48.9 Å². The van der Waals surface area contributed by atoms with Crippen LogP contribution in [0.3, 0.4) is 0 Å². The van der Waals surface area contributed by atoms with Crippen LogP contribution in [0, 0.1) is 10.8 Å². The van der Waals surface area contributed by atoms with Crippen molar-refractivity contribution in [3.8, 4) is 0 Å². The molecule has 0 aromatic heterocycles. The van der Waals surface area contributed by atoms with Crippen LogP contribution in [0.2, 0.25) is 0 Å². The summed E-state index contributed by atoms with van der Waals surface area (Å²) < 4.78 is 2.20. The maximum atomic E-state index is 14.4. The first-order chi connectivity index (χ1) is 22.0. The zero-order valence-corrected chi connectivity index (χ0v) is 31.4. The molecule has 258 valence electrons. The summed E-state index contributed by atoms with van der Waals surface area (Å²) in [4.78, 5) is 43.6. The van der Waals surface area contributed by atoms with E-state index in [1.807, 2.05) is 79.9 Å². The first kappa shape index (κ1) is 35.4. The van der Waals surface area contributed by atoms with Gasteiger partial charge in [0.1, 0.15) is 12.8 Å². The number of allylic oxidation sites excluding steroid dienone is 2. The van der Waals surface area contributed by atoms with Crippen molar-refractivity contribution in [1.29, 1.82) is 0 Å². The number of rotatable bonds is 7. The standard InChI is InChI=1S/C40H54N4O4/c1-15-37(5,6)35(47)41-27-19-29-25(39(9,10)21(3)43(29)13)17-23(27)31-33(45)32(34(31)46)24-18-26-30(44(14)22(4)40(26,11)12)20-28(24)42-36(48)38(7,8)16-2/h17-22H,15-16H2,1-14H3,(H2,41,42,45,46,47,48)/p+1. The van der Waals surface area contributed by atoms with Crippen LogP contribution in [0.1, 0.15) is 113 Å². The number of benzene rings is 2. The topological polar surface area (TPSA) is 102 Å². The van der Waals surface area contributed by atoms with Crippen molar-refractivity contribution in [3.63, 3.8) is 0 Å². The molecule has 5 rings (SSSR count). The molecule has 3 N–H and O–H groups in total. The number of hydrogen-bond acceptors (Lipinski definition) is 5. The van der Waals surface area contributed by atoms with Crippen LogP contribution in [0.25, 0.3) is 11.1 Å². The van der Waals surface area contributed by atoms with Crippen molar-refractivity contribution in [2.24, 2.45) is 10.8 Å². The molecule has 1 aliphatic carbocycles. The lowest BCUT2D eigenvalue weighted by molar-refractivity contribution is -0.124. The Hall–Kier alpha value is -3.94. The van der Waals surface area contributed by atoms with Gasteiger partial charge < -0.3 is 20.6 Å². The van der Waals surface area contributed by atoms with E-state index in [-0.39, 0.29) is 57.4 Å². The Balaban J connectivity index is 1.79. The van der Waals surface area contributed by atoms with Crippen LogP contribution >= 0.6 is 0 Å². The zero-order valence-electron chi connectivity index (χ0n) is 31.4. The maximum Gasteiger partial charge on any atom is 0.230 e. The Labute approximate surface area is 286 Å². The largest absolute Gasteiger partial charge is 0.506 e. The maximum absolute atomic E-state index is 14.4. The van der Waals surface area contributed by atoms with Crippen molar-refractivity contribution < 1.29 is 19.5 Å². The number of nitrogens with one attached hydrogen (secondary N) is 2. The summed E-state index contributed by atoms with van der Waals surface area (Å²) in [5, 5.41) is 19.6. The van der Waals surface area contributed by atoms with Crippen LogP contribution in [-0.2, 0) is 25.2 Å². The van der Waals surface area contributed by atoms with E-state index < -0.39 is 10.8 Å². The molecule has 0 spiro atoms. The van der Waals surface area contributed by atoms with Crippen LogP contribution < -0.4 is 30.7 Å². The van der Waals surface area contributed by atoms with Gasteiger partial charge >= 0.3 is 0 Å². The molecular weight excluding hydrogens is 600 g/mol. The summed E-state index contributed by atoms with van der Waals surface area (Å²) in [5.74, 6) is -0.766. The van der Waals surface area contributed by atoms with Crippen molar-refractivity contribution in [3.05, 3.63) is 57.3 Å². The normalized spacial score (nSPS) is 22.4. The molecule has 8 nitrogen and oxygen atoms in total. The summed E-state index contributed by atoms with van der Waals surface area (Å²) in [6.45, 7) is 24.6. The monoisotopic (exact) mass is 655 g/mol. The molecule has 2 aliphatic heterocycles. The second kappa shape index (κ2) is 11.3. The number of fused-ring (bicyclic) bond motifs is 2. The molecule has 2 heterocycles. The lowest BCUT2D eigenvalue weighted by Gasteiger charge is -2.29. The number of carbonyl (C=O) groups excluding carboxylic acids is 3. The smallest absolute Gasteiger partial charge is 0.230 e. The van der Waals surface area contributed by atoms with E-state index in [1.54, 1.807) is 0 Å². The number of Topliss-reactive ketones (excluding diaryl/α,β-unsaturated/α-hetero) is 1. The summed E-state index contributed by atoms with van der Waals surface area (Å²) in [6.07, 6.45) is 1.28. The molecule has 2 atom stereocenters. The fraction of sp³-hybridized carbons (Fsp3) is 0.550. The van der Waals surface area contributed by atoms with Gasteiger partial charge in [-0.15, -0.1) is 0 Å². The molecule has 48 heavy (non-hydrogen) atoms. The summed E-state index contributed by atoms with van der Waals surface area (Å²) >= 11 is 0. The number of aliphatic hydroxyl groups excluding tert-OH is 1. The van der Waals surface area contributed by atoms with E-state index in [1.165, 1.54) is 0 Å². The molecule has 2 unspecified atom stereocenters. The number of carbonyl (C=O) groups is 3. The molecule has 2 amide bonds. The lowest BCUT2D eigenvalue weighted by Crippen LogP contribution is -2.37. The number of anilines is 3. The van der Waals surface area contributed by atoms with Crippen molar-refractivity contribution in [2.75, 3.05) is 29.6 Å². The Morgan fingerprint density at radius 2 is 1.40 bits per heavy atom. The predicted molar refractivity (Wildman–Crippen MR) is 196 cm³/mol. The molecule has 0 saturated heterocycles. The molecular formula is C40H55N4O4+. The average Bonchev–Trinajstić information content (AvgIpc) is 3.29. The number of ketones is 1. The van der Waals surface area contributed by atoms with Gasteiger partial charge in [0.15, 0.2) is 6.04 Å². The zero-order chi connectivity index (χ0) is 36.0. The van der Waals surface area contributed by atoms with Gasteiger partial charge in [0.2, 0.25) is 23.0 Å². The summed E-state index contributed by atoms with van der Waals surface area (Å²) in [6, 6.07) is 8.18. The number of hydrogen-bond donors (Lipinski definition) is 3. The Morgan fingerprint density at radius 1 is 0.854 bits per heavy atom. The minimum absolute atomic E-state index is 0.134. The highest BCUT2D eigenvalue weighted by atomic mass is 16.3. The fourth-order valence-corrected chi connectivity index (χ4v) is 7.05. The molecule has 3 aliphatic rings. The predicted octanol–water partition coefficient (Wildman–Crippen LogP) is 6.06. The minimum atomic E-state index is -0.632. The Kier molecular flexibility index (Phi) is 8.34. The van der Waals surface area contributed by atoms with Crippen LogP contribution in [0.4, 0.5) is 17.1 Å². The van der Waals surface area contributed by atoms with Gasteiger partial charge in [-0.2, -0.15) is 0 Å². The average molecular weight is 656 g/mol. The molecule has 0 saturated carbocycles. The highest BCUT2D eigenvalue weighted by Crippen LogP contribution is 2.50. The molecule has 8 heteroatoms. The van der Waals surface area contributed by atoms with Crippen molar-refractivity contribution >= 4 is 45.8 Å². The van der Waals surface area contributed by atoms with Crippen LogP contribution in [0.5, 0.6) is 0 Å². The summed E-state index contributed by atoms with van der Waals surface area (Å²) in [7, 11) is 4.08. The molecule has 2 aromatic carbocycles. The highest BCUT2D eigenvalue weighted by Gasteiger charge is 2.46. The molecule has 0 radical (unpaired) electrons. The second-order valence-electron chi connectivity index (χ2n) is 16.7. The number of amides is 2. The van der Waals surface area contributed by atoms with Gasteiger partial charge in [-0.3, -0.25) is 14.4 Å². The second-order valence-corrected chi connectivity index (χ2v) is 16.7. The quantitative estimate of drug-likeness (QED) is 0.315. The highest BCUT2D eigenvalue weighted by molar-refractivity contribution is 6.52. The van der Waals surface area contributed by atoms with E-state index in [4.69, 9.17) is 0 Å². The first-order valence-corrected chi connectivity index (χ1v) is 17.4. The summed E-state index contributed by atoms with van der Waals surface area (Å²) in [5.41, 5.74) is 3.18. The van der Waals surface area contributed by atoms with Crippen molar-refractivity contribution in [1.82, 2.24) is 4.58 Å². The fourth-order valence-electron chi connectivity index (χ4n) is 7.05. The van der Waals surface area contributed by atoms with Gasteiger partial charge in [-0.1, -0.05) is 55.4 Å². The number of likely N-dealkylation sites (N-methyl/N-ethyl adjacent to an activating group) is 2. The first-order valence-electron chi connectivity index (χ1n) is 17.4. The molecule has 0 fully saturated rings. The van der Waals surface area contributed by atoms with E-state index >= 15 is 0 Å². The molecule has 0 bridgehead atoms. The van der Waals surface area contributed by atoms with Crippen molar-refractivity contribution in [2.45, 2.75) is 119 Å². The number of aliphatic hydroxyl groups is 1. The minimum Gasteiger partial charge on any atom is -0.506 e. The van der Waals surface area contributed by atoms with Gasteiger partial charge in [0.05, 0.1) is 27.9 Å². The number of nitrogens with zero attached hydrogens (tertiary/aromatic N) is 2. The lowest BCUT2D eigenvalue weighted by atomic mass is 9.76. The Morgan fingerprint density at radius 3 is 1.92 bits per heavy atom. The van der Waals surface area contributed by atoms with Gasteiger partial charge in [-0.25, -0.2) is 4.58 Å². The van der Waals surface area contributed by atoms with E-state index in [2.05, 4.69) is 61.7 Å².